The van der Waals surface area contributed by atoms with Gasteiger partial charge in [-0.05, 0) is 48.2 Å². The number of nitrogens with one attached hydrogen (secondary N) is 1. The second-order valence-corrected chi connectivity index (χ2v) is 8.32. The molecule has 0 fully saturated rings. The summed E-state index contributed by atoms with van der Waals surface area (Å²) in [4.78, 5) is 30.1. The van der Waals surface area contributed by atoms with Gasteiger partial charge in [-0.1, -0.05) is 62.4 Å². The van der Waals surface area contributed by atoms with Gasteiger partial charge in [0.15, 0.2) is 6.61 Å². The number of esters is 1. The molecule has 0 aliphatic rings. The topological polar surface area (TPSA) is 92.1 Å². The number of aromatic nitrogens is 1. The van der Waals surface area contributed by atoms with Crippen molar-refractivity contribution in [2.45, 2.75) is 26.2 Å². The summed E-state index contributed by atoms with van der Waals surface area (Å²) in [6.07, 6.45) is 1.06. The number of fused-ring (bicyclic) bond motifs is 1. The Morgan fingerprint density at radius 3 is 2.54 bits per heavy atom. The summed E-state index contributed by atoms with van der Waals surface area (Å²) < 4.78 is 5.34. The second kappa shape index (κ2) is 10.6. The highest BCUT2D eigenvalue weighted by molar-refractivity contribution is 6.05. The van der Waals surface area contributed by atoms with E-state index in [2.05, 4.69) is 31.3 Å². The Morgan fingerprint density at radius 1 is 1.03 bits per heavy atom. The lowest BCUT2D eigenvalue weighted by Crippen LogP contribution is -2.21. The van der Waals surface area contributed by atoms with Crippen molar-refractivity contribution in [3.05, 3.63) is 95.6 Å². The molecule has 3 aromatic carbocycles. The first-order chi connectivity index (χ1) is 17.0. The summed E-state index contributed by atoms with van der Waals surface area (Å²) in [6.45, 7) is 3.89. The maximum absolute atomic E-state index is 13.0. The van der Waals surface area contributed by atoms with Crippen LogP contribution in [0, 0.1) is 11.3 Å². The minimum atomic E-state index is -0.609. The highest BCUT2D eigenvalue weighted by Gasteiger charge is 2.17. The standard InChI is InChI=1S/C29H25N3O3/c1-3-19(2)21-11-13-22(14-12-21)27-16-25(24-9-4-5-10-26(24)32-27)29(34)35-18-28(33)31-23-8-6-7-20(15-23)17-30/h4-16,19H,3,18H2,1-2H3,(H,31,33)/t19-/m1/s1. The van der Waals surface area contributed by atoms with Crippen LogP contribution < -0.4 is 5.32 Å². The first kappa shape index (κ1) is 23.7. The van der Waals surface area contributed by atoms with Crippen molar-refractivity contribution >= 4 is 28.5 Å². The molecule has 1 aromatic heterocycles. The van der Waals surface area contributed by atoms with Crippen LogP contribution in [0.15, 0.2) is 78.9 Å². The normalized spacial score (nSPS) is 11.5. The van der Waals surface area contributed by atoms with Crippen molar-refractivity contribution < 1.29 is 14.3 Å². The van der Waals surface area contributed by atoms with Crippen LogP contribution in [0.25, 0.3) is 22.2 Å². The third-order valence-corrected chi connectivity index (χ3v) is 5.93. The molecular formula is C29H25N3O3. The van der Waals surface area contributed by atoms with Crippen LogP contribution in [0.3, 0.4) is 0 Å². The fourth-order valence-electron chi connectivity index (χ4n) is 3.78. The molecule has 4 aromatic rings. The molecule has 0 radical (unpaired) electrons. The van der Waals surface area contributed by atoms with Gasteiger partial charge < -0.3 is 10.1 Å². The maximum atomic E-state index is 13.0. The smallest absolute Gasteiger partial charge is 0.339 e. The Bertz CT molecular complexity index is 1420. The van der Waals surface area contributed by atoms with Gasteiger partial charge in [0.1, 0.15) is 0 Å². The molecule has 35 heavy (non-hydrogen) atoms. The van der Waals surface area contributed by atoms with Gasteiger partial charge in [-0.15, -0.1) is 0 Å². The number of para-hydroxylation sites is 1. The highest BCUT2D eigenvalue weighted by atomic mass is 16.5. The number of anilines is 1. The molecule has 0 unspecified atom stereocenters. The zero-order valence-corrected chi connectivity index (χ0v) is 19.6. The summed E-state index contributed by atoms with van der Waals surface area (Å²) in [5.41, 5.74) is 4.70. The summed E-state index contributed by atoms with van der Waals surface area (Å²) in [6, 6.07) is 25.8. The molecule has 1 amide bonds. The van der Waals surface area contributed by atoms with Crippen molar-refractivity contribution in [3.8, 4) is 17.3 Å². The molecule has 1 N–H and O–H groups in total. The van der Waals surface area contributed by atoms with Gasteiger partial charge in [0.2, 0.25) is 0 Å². The Kier molecular flexibility index (Phi) is 7.18. The number of amides is 1. The van der Waals surface area contributed by atoms with Gasteiger partial charge in [0.05, 0.1) is 28.4 Å². The number of hydrogen-bond acceptors (Lipinski definition) is 5. The molecule has 1 atom stereocenters. The van der Waals surface area contributed by atoms with Gasteiger partial charge in [-0.25, -0.2) is 9.78 Å². The van der Waals surface area contributed by atoms with E-state index in [0.717, 1.165) is 12.0 Å². The first-order valence-corrected chi connectivity index (χ1v) is 11.5. The minimum absolute atomic E-state index is 0.343. The number of carbonyl (C=O) groups is 2. The summed E-state index contributed by atoms with van der Waals surface area (Å²) in [5, 5.41) is 12.3. The highest BCUT2D eigenvalue weighted by Crippen LogP contribution is 2.27. The molecule has 0 bridgehead atoms. The molecule has 1 heterocycles. The zero-order chi connectivity index (χ0) is 24.8. The van der Waals surface area contributed by atoms with Crippen LogP contribution >= 0.6 is 0 Å². The predicted molar refractivity (Wildman–Crippen MR) is 136 cm³/mol. The largest absolute Gasteiger partial charge is 0.452 e. The number of hydrogen-bond donors (Lipinski definition) is 1. The van der Waals surface area contributed by atoms with E-state index >= 15 is 0 Å². The van der Waals surface area contributed by atoms with Crippen molar-refractivity contribution in [2.24, 2.45) is 0 Å². The summed E-state index contributed by atoms with van der Waals surface area (Å²) >= 11 is 0. The first-order valence-electron chi connectivity index (χ1n) is 11.5. The zero-order valence-electron chi connectivity index (χ0n) is 19.6. The number of pyridine rings is 1. The monoisotopic (exact) mass is 463 g/mol. The fourth-order valence-corrected chi connectivity index (χ4v) is 3.78. The lowest BCUT2D eigenvalue weighted by Gasteiger charge is -2.12. The minimum Gasteiger partial charge on any atom is -0.452 e. The third kappa shape index (κ3) is 5.53. The van der Waals surface area contributed by atoms with E-state index in [-0.39, 0.29) is 0 Å². The van der Waals surface area contributed by atoms with E-state index in [4.69, 9.17) is 15.0 Å². The van der Waals surface area contributed by atoms with E-state index in [1.807, 2.05) is 42.5 Å². The van der Waals surface area contributed by atoms with Crippen LogP contribution in [0.1, 0.15) is 47.7 Å². The number of nitriles is 1. The van der Waals surface area contributed by atoms with Crippen LogP contribution in [0.5, 0.6) is 0 Å². The van der Waals surface area contributed by atoms with Gasteiger partial charge in [0.25, 0.3) is 5.91 Å². The quantitative estimate of drug-likeness (QED) is 0.335. The number of benzene rings is 3. The Morgan fingerprint density at radius 2 is 1.80 bits per heavy atom. The van der Waals surface area contributed by atoms with E-state index in [1.54, 1.807) is 30.3 Å². The molecule has 0 saturated heterocycles. The molecule has 6 heteroatoms. The molecule has 6 nitrogen and oxygen atoms in total. The average molecular weight is 464 g/mol. The molecule has 0 aliphatic heterocycles. The number of nitrogens with zero attached hydrogens (tertiary/aromatic N) is 2. The lowest BCUT2D eigenvalue weighted by molar-refractivity contribution is -0.119. The lowest BCUT2D eigenvalue weighted by atomic mass is 9.96. The van der Waals surface area contributed by atoms with Crippen LogP contribution in [0.4, 0.5) is 5.69 Å². The molecule has 0 saturated carbocycles. The van der Waals surface area contributed by atoms with Crippen molar-refractivity contribution in [3.63, 3.8) is 0 Å². The number of carbonyl (C=O) groups excluding carboxylic acids is 2. The SMILES string of the molecule is CC[C@@H](C)c1ccc(-c2cc(C(=O)OCC(=O)Nc3cccc(C#N)c3)c3ccccc3n2)cc1. The van der Waals surface area contributed by atoms with Crippen LogP contribution in [-0.2, 0) is 9.53 Å². The molecule has 4 rings (SSSR count). The van der Waals surface area contributed by atoms with E-state index < -0.39 is 18.5 Å². The van der Waals surface area contributed by atoms with Crippen molar-refractivity contribution in [1.29, 1.82) is 5.26 Å². The Balaban J connectivity index is 1.55. The van der Waals surface area contributed by atoms with Crippen LogP contribution in [0.2, 0.25) is 0 Å². The molecular weight excluding hydrogens is 438 g/mol. The number of ether oxygens (including phenoxy) is 1. The Labute approximate surface area is 204 Å². The van der Waals surface area contributed by atoms with Crippen molar-refractivity contribution in [2.75, 3.05) is 11.9 Å². The second-order valence-electron chi connectivity index (χ2n) is 8.32. The molecule has 0 spiro atoms. The van der Waals surface area contributed by atoms with E-state index in [1.165, 1.54) is 5.56 Å². The van der Waals surface area contributed by atoms with E-state index in [0.29, 0.717) is 39.3 Å². The number of rotatable bonds is 7. The van der Waals surface area contributed by atoms with Gasteiger partial charge in [-0.3, -0.25) is 4.79 Å². The average Bonchev–Trinajstić information content (AvgIpc) is 2.90. The van der Waals surface area contributed by atoms with Gasteiger partial charge >= 0.3 is 5.97 Å². The molecule has 0 aliphatic carbocycles. The van der Waals surface area contributed by atoms with Crippen LogP contribution in [-0.4, -0.2) is 23.5 Å². The van der Waals surface area contributed by atoms with Gasteiger partial charge in [0, 0.05) is 16.6 Å². The third-order valence-electron chi connectivity index (χ3n) is 5.93. The molecule has 174 valence electrons. The maximum Gasteiger partial charge on any atom is 0.339 e. The van der Waals surface area contributed by atoms with Gasteiger partial charge in [-0.2, -0.15) is 5.26 Å². The van der Waals surface area contributed by atoms with Crippen molar-refractivity contribution in [1.82, 2.24) is 4.98 Å². The summed E-state index contributed by atoms with van der Waals surface area (Å²) in [5.74, 6) is -0.637. The predicted octanol–water partition coefficient (Wildman–Crippen LogP) is 6.08. The summed E-state index contributed by atoms with van der Waals surface area (Å²) in [7, 11) is 0. The Hall–Kier alpha value is -4.50. The van der Waals surface area contributed by atoms with E-state index in [9.17, 15) is 9.59 Å². The fraction of sp³-hybridized carbons (Fsp3) is 0.172.